The van der Waals surface area contributed by atoms with E-state index in [1.54, 1.807) is 18.2 Å². The highest BCUT2D eigenvalue weighted by atomic mass is 16.4. The molecule has 2 aromatic heterocycles. The molecule has 2 heterocycles. The van der Waals surface area contributed by atoms with Crippen molar-refractivity contribution in [2.75, 3.05) is 13.2 Å². The molecule has 0 bridgehead atoms. The Labute approximate surface area is 166 Å². The van der Waals surface area contributed by atoms with Gasteiger partial charge in [-0.2, -0.15) is 0 Å². The van der Waals surface area contributed by atoms with Crippen molar-refractivity contribution in [3.05, 3.63) is 72.2 Å². The zero-order chi connectivity index (χ0) is 20.6. The van der Waals surface area contributed by atoms with Gasteiger partial charge in [-0.1, -0.05) is 36.4 Å². The molecule has 0 radical (unpaired) electrons. The number of hydrogen-bond acceptors (Lipinski definition) is 5. The number of fused-ring (bicyclic) bond motifs is 2. The van der Waals surface area contributed by atoms with Crippen LogP contribution in [0.3, 0.4) is 0 Å². The summed E-state index contributed by atoms with van der Waals surface area (Å²) < 4.78 is 10.5. The van der Waals surface area contributed by atoms with Crippen LogP contribution < -0.4 is 5.32 Å². The van der Waals surface area contributed by atoms with Crippen LogP contribution in [0.2, 0.25) is 0 Å². The molecule has 0 fully saturated rings. The van der Waals surface area contributed by atoms with Gasteiger partial charge in [0.05, 0.1) is 0 Å². The van der Waals surface area contributed by atoms with E-state index in [4.69, 9.17) is 19.0 Å². The summed E-state index contributed by atoms with van der Waals surface area (Å²) in [4.78, 5) is 22.2. The quantitative estimate of drug-likeness (QED) is 0.424. The molecule has 3 N–H and O–H groups in total. The molecule has 1 amide bonds. The number of rotatable bonds is 6. The molecule has 4 aromatic rings. The van der Waals surface area contributed by atoms with Crippen molar-refractivity contribution in [1.82, 2.24) is 5.32 Å². The molecule has 0 spiro atoms. The van der Waals surface area contributed by atoms with E-state index in [2.05, 4.69) is 5.32 Å². The van der Waals surface area contributed by atoms with Crippen LogP contribution in [0.5, 0.6) is 0 Å². The lowest BCUT2D eigenvalue weighted by molar-refractivity contribution is 0.0664. The lowest BCUT2D eigenvalue weighted by Crippen LogP contribution is -2.24. The normalized spacial score (nSPS) is 10.5. The zero-order valence-electron chi connectivity index (χ0n) is 15.6. The molecule has 29 heavy (non-hydrogen) atoms. The number of unbranched alkanes of at least 4 members (excludes halogenated alkanes) is 1. The summed E-state index contributed by atoms with van der Waals surface area (Å²) in [6.45, 7) is 0.705. The van der Waals surface area contributed by atoms with Gasteiger partial charge in [0.1, 0.15) is 11.2 Å². The number of para-hydroxylation sites is 2. The van der Waals surface area contributed by atoms with Gasteiger partial charge in [0.2, 0.25) is 5.76 Å². The number of amides is 1. The number of nitrogens with one attached hydrogen (secondary N) is 1. The minimum Gasteiger partial charge on any atom is -0.475 e. The van der Waals surface area contributed by atoms with Crippen LogP contribution in [0.15, 0.2) is 69.5 Å². The number of aromatic carboxylic acids is 1. The number of carbonyl (C=O) groups is 2. The largest absolute Gasteiger partial charge is 0.475 e. The molecular formula is C22H21NO6. The molecule has 150 valence electrons. The van der Waals surface area contributed by atoms with E-state index in [-0.39, 0.29) is 18.3 Å². The van der Waals surface area contributed by atoms with Gasteiger partial charge in [-0.3, -0.25) is 4.79 Å². The third kappa shape index (κ3) is 5.24. The van der Waals surface area contributed by atoms with E-state index in [0.29, 0.717) is 29.9 Å². The van der Waals surface area contributed by atoms with Gasteiger partial charge >= 0.3 is 5.97 Å². The second-order valence-electron chi connectivity index (χ2n) is 6.29. The number of aliphatic hydroxyl groups excluding tert-OH is 1. The third-order valence-electron chi connectivity index (χ3n) is 4.16. The van der Waals surface area contributed by atoms with Crippen LogP contribution >= 0.6 is 0 Å². The maximum Gasteiger partial charge on any atom is 0.371 e. The number of carboxylic acid groups (broad SMARTS) is 1. The van der Waals surface area contributed by atoms with Crippen molar-refractivity contribution < 1.29 is 28.6 Å². The molecule has 0 unspecified atom stereocenters. The number of aliphatic hydroxyl groups is 1. The number of carbonyl (C=O) groups excluding carboxylic acids is 1. The second kappa shape index (κ2) is 9.57. The summed E-state index contributed by atoms with van der Waals surface area (Å²) in [6, 6.07) is 17.9. The maximum atomic E-state index is 11.7. The van der Waals surface area contributed by atoms with Crippen molar-refractivity contribution in [2.24, 2.45) is 0 Å². The Balaban J connectivity index is 0.000000176. The van der Waals surface area contributed by atoms with E-state index in [1.807, 2.05) is 36.4 Å². The van der Waals surface area contributed by atoms with Crippen LogP contribution in [0.25, 0.3) is 21.9 Å². The first-order valence-electron chi connectivity index (χ1n) is 9.18. The monoisotopic (exact) mass is 395 g/mol. The Morgan fingerprint density at radius 2 is 1.38 bits per heavy atom. The van der Waals surface area contributed by atoms with Crippen molar-refractivity contribution in [3.63, 3.8) is 0 Å². The van der Waals surface area contributed by atoms with Gasteiger partial charge in [-0.25, -0.2) is 4.79 Å². The third-order valence-corrected chi connectivity index (χ3v) is 4.16. The Morgan fingerprint density at radius 3 is 1.93 bits per heavy atom. The summed E-state index contributed by atoms with van der Waals surface area (Å²) in [5, 5.41) is 21.7. The lowest BCUT2D eigenvalue weighted by atomic mass is 10.2. The van der Waals surface area contributed by atoms with Crippen LogP contribution in [0, 0.1) is 0 Å². The van der Waals surface area contributed by atoms with Gasteiger partial charge in [0, 0.05) is 23.9 Å². The Morgan fingerprint density at radius 1 is 0.828 bits per heavy atom. The predicted molar refractivity (Wildman–Crippen MR) is 108 cm³/mol. The Bertz CT molecular complexity index is 1040. The van der Waals surface area contributed by atoms with Crippen molar-refractivity contribution in [1.29, 1.82) is 0 Å². The molecule has 2 aromatic carbocycles. The van der Waals surface area contributed by atoms with E-state index in [1.165, 1.54) is 6.07 Å². The zero-order valence-corrected chi connectivity index (χ0v) is 15.6. The molecule has 7 heteroatoms. The summed E-state index contributed by atoms with van der Waals surface area (Å²) in [7, 11) is 0. The van der Waals surface area contributed by atoms with E-state index < -0.39 is 5.97 Å². The summed E-state index contributed by atoms with van der Waals surface area (Å²) in [6.07, 6.45) is 1.46. The van der Waals surface area contributed by atoms with E-state index in [0.717, 1.165) is 17.2 Å². The van der Waals surface area contributed by atoms with Gasteiger partial charge in [0.15, 0.2) is 5.76 Å². The molecular weight excluding hydrogens is 374 g/mol. The van der Waals surface area contributed by atoms with Crippen LogP contribution in [0.1, 0.15) is 34.0 Å². The highest BCUT2D eigenvalue weighted by Crippen LogP contribution is 2.19. The summed E-state index contributed by atoms with van der Waals surface area (Å²) in [5.41, 5.74) is 1.32. The molecule has 0 saturated heterocycles. The highest BCUT2D eigenvalue weighted by Gasteiger charge is 2.11. The first-order chi connectivity index (χ1) is 14.1. The van der Waals surface area contributed by atoms with E-state index >= 15 is 0 Å². The number of carboxylic acids is 1. The van der Waals surface area contributed by atoms with Gasteiger partial charge in [-0.15, -0.1) is 0 Å². The van der Waals surface area contributed by atoms with E-state index in [9.17, 15) is 9.59 Å². The predicted octanol–water partition coefficient (Wildman–Crippen LogP) is 4.07. The number of furan rings is 2. The lowest BCUT2D eigenvalue weighted by Gasteiger charge is -2.01. The number of hydrogen-bond donors (Lipinski definition) is 3. The average molecular weight is 395 g/mol. The maximum absolute atomic E-state index is 11.7. The van der Waals surface area contributed by atoms with Crippen molar-refractivity contribution in [2.45, 2.75) is 12.8 Å². The smallest absolute Gasteiger partial charge is 0.371 e. The number of benzene rings is 2. The van der Waals surface area contributed by atoms with Crippen molar-refractivity contribution >= 4 is 33.8 Å². The molecule has 0 aliphatic rings. The Hall–Kier alpha value is -3.58. The minimum atomic E-state index is -1.04. The van der Waals surface area contributed by atoms with Gasteiger partial charge in [-0.05, 0) is 37.1 Å². The summed E-state index contributed by atoms with van der Waals surface area (Å²) in [5.74, 6) is -0.934. The van der Waals surface area contributed by atoms with Gasteiger partial charge < -0.3 is 24.4 Å². The fourth-order valence-electron chi connectivity index (χ4n) is 2.71. The van der Waals surface area contributed by atoms with Gasteiger partial charge in [0.25, 0.3) is 5.91 Å². The highest BCUT2D eigenvalue weighted by molar-refractivity contribution is 5.96. The molecule has 0 aliphatic carbocycles. The molecule has 7 nitrogen and oxygen atoms in total. The van der Waals surface area contributed by atoms with Crippen LogP contribution in [0.4, 0.5) is 0 Å². The van der Waals surface area contributed by atoms with Crippen LogP contribution in [-0.2, 0) is 0 Å². The Kier molecular flexibility index (Phi) is 6.65. The first kappa shape index (κ1) is 20.2. The molecule has 0 atom stereocenters. The van der Waals surface area contributed by atoms with Crippen LogP contribution in [-0.4, -0.2) is 35.2 Å². The fourth-order valence-corrected chi connectivity index (χ4v) is 2.71. The SMILES string of the molecule is O=C(NCCCCO)c1cc2ccccc2o1.O=C(O)c1cc2ccccc2o1. The molecule has 4 rings (SSSR count). The minimum absolute atomic E-state index is 0.0174. The second-order valence-corrected chi connectivity index (χ2v) is 6.29. The molecule has 0 saturated carbocycles. The summed E-state index contributed by atoms with van der Waals surface area (Å²) >= 11 is 0. The fraction of sp³-hybridized carbons (Fsp3) is 0.182. The first-order valence-corrected chi connectivity index (χ1v) is 9.18. The topological polar surface area (TPSA) is 113 Å². The average Bonchev–Trinajstić information content (AvgIpc) is 3.35. The van der Waals surface area contributed by atoms with Crippen molar-refractivity contribution in [3.8, 4) is 0 Å². The standard InChI is InChI=1S/C13H15NO3.C9H6O3/c15-8-4-3-7-14-13(16)12-9-10-5-1-2-6-11(10)17-12;10-9(11)8-5-6-3-1-2-4-7(6)12-8/h1-2,5-6,9,15H,3-4,7-8H2,(H,14,16);1-5H,(H,10,11). The molecule has 0 aliphatic heterocycles.